The highest BCUT2D eigenvalue weighted by atomic mass is 35.5. The first-order valence-electron chi connectivity index (χ1n) is 7.34. The minimum Gasteiger partial charge on any atom is -0.343 e. The van der Waals surface area contributed by atoms with Crippen LogP contribution in [-0.2, 0) is 0 Å². The van der Waals surface area contributed by atoms with E-state index in [1.54, 1.807) is 17.4 Å². The first kappa shape index (κ1) is 17.0. The van der Waals surface area contributed by atoms with E-state index in [0.717, 1.165) is 30.8 Å². The predicted octanol–water partition coefficient (Wildman–Crippen LogP) is 2.78. The maximum Gasteiger partial charge on any atom is 0.272 e. The second-order valence-electron chi connectivity index (χ2n) is 5.39. The molecular weight excluding hydrogens is 320 g/mol. The fourth-order valence-corrected chi connectivity index (χ4v) is 3.34. The van der Waals surface area contributed by atoms with Crippen molar-refractivity contribution in [3.05, 3.63) is 40.3 Å². The number of nitrogens with zero attached hydrogens (tertiary/aromatic N) is 2. The van der Waals surface area contributed by atoms with Crippen molar-refractivity contribution in [1.29, 1.82) is 0 Å². The van der Waals surface area contributed by atoms with E-state index in [1.807, 2.05) is 35.3 Å². The van der Waals surface area contributed by atoms with Crippen molar-refractivity contribution in [1.82, 2.24) is 20.4 Å². The first-order chi connectivity index (χ1) is 10.2. The molecule has 2 aromatic heterocycles. The summed E-state index contributed by atoms with van der Waals surface area (Å²) in [5, 5.41) is 12.8. The van der Waals surface area contributed by atoms with E-state index in [1.165, 1.54) is 0 Å². The highest BCUT2D eigenvalue weighted by Crippen LogP contribution is 2.19. The van der Waals surface area contributed by atoms with Gasteiger partial charge in [0.1, 0.15) is 5.69 Å². The van der Waals surface area contributed by atoms with Gasteiger partial charge >= 0.3 is 0 Å². The molecular formula is C15H21ClN4OS. The summed E-state index contributed by atoms with van der Waals surface area (Å²) in [6.07, 6.45) is 4.17. The second-order valence-corrected chi connectivity index (χ2v) is 6.37. The zero-order valence-electron chi connectivity index (χ0n) is 12.5. The maximum absolute atomic E-state index is 12.2. The van der Waals surface area contributed by atoms with Gasteiger partial charge in [-0.25, -0.2) is 0 Å². The van der Waals surface area contributed by atoms with Crippen molar-refractivity contribution in [2.24, 2.45) is 0 Å². The largest absolute Gasteiger partial charge is 0.343 e. The van der Waals surface area contributed by atoms with Crippen molar-refractivity contribution >= 4 is 29.7 Å². The molecule has 2 N–H and O–H groups in total. The molecule has 1 fully saturated rings. The van der Waals surface area contributed by atoms with Crippen molar-refractivity contribution in [2.45, 2.75) is 31.8 Å². The Bertz CT molecular complexity index is 592. The van der Waals surface area contributed by atoms with Crippen molar-refractivity contribution in [3.63, 3.8) is 0 Å². The van der Waals surface area contributed by atoms with Gasteiger partial charge in [-0.3, -0.25) is 9.48 Å². The molecule has 22 heavy (non-hydrogen) atoms. The standard InChI is InChI=1S/C15H20N4OS.ClH/c1-11(14-5-3-9-21-14)17-15(20)13-6-8-19(18-13)12-4-2-7-16-10-12;/h3,5-6,8-9,11-12,16H,2,4,7,10H2,1H3,(H,17,20);1H. The SMILES string of the molecule is CC(NC(=O)c1ccn(C2CCCNC2)n1)c1cccs1.Cl. The molecule has 0 spiro atoms. The van der Waals surface area contributed by atoms with Crippen LogP contribution in [0.4, 0.5) is 0 Å². The molecule has 0 saturated carbocycles. The average Bonchev–Trinajstić information content (AvgIpc) is 3.20. The van der Waals surface area contributed by atoms with E-state index in [2.05, 4.69) is 15.7 Å². The van der Waals surface area contributed by atoms with Crippen LogP contribution in [0.15, 0.2) is 29.8 Å². The van der Waals surface area contributed by atoms with Gasteiger partial charge in [0.25, 0.3) is 5.91 Å². The minimum atomic E-state index is -0.113. The molecule has 2 unspecified atom stereocenters. The van der Waals surface area contributed by atoms with Crippen LogP contribution in [0.25, 0.3) is 0 Å². The summed E-state index contributed by atoms with van der Waals surface area (Å²) in [4.78, 5) is 13.4. The lowest BCUT2D eigenvalue weighted by molar-refractivity contribution is 0.0934. The first-order valence-corrected chi connectivity index (χ1v) is 8.22. The fourth-order valence-electron chi connectivity index (χ4n) is 2.60. The molecule has 1 aliphatic heterocycles. The van der Waals surface area contributed by atoms with Gasteiger partial charge in [-0.1, -0.05) is 6.07 Å². The number of nitrogens with one attached hydrogen (secondary N) is 2. The molecule has 5 nitrogen and oxygen atoms in total. The van der Waals surface area contributed by atoms with Crippen LogP contribution in [0.5, 0.6) is 0 Å². The van der Waals surface area contributed by atoms with Crippen molar-refractivity contribution in [3.8, 4) is 0 Å². The molecule has 0 aromatic carbocycles. The Labute approximate surface area is 140 Å². The van der Waals surface area contributed by atoms with Crippen molar-refractivity contribution in [2.75, 3.05) is 13.1 Å². The number of aromatic nitrogens is 2. The lowest BCUT2D eigenvalue weighted by Crippen LogP contribution is -2.32. The van der Waals surface area contributed by atoms with E-state index >= 15 is 0 Å². The Kier molecular flexibility index (Phi) is 5.99. The summed E-state index contributed by atoms with van der Waals surface area (Å²) in [6.45, 7) is 3.99. The van der Waals surface area contributed by atoms with E-state index in [4.69, 9.17) is 0 Å². The summed E-state index contributed by atoms with van der Waals surface area (Å²) in [6, 6.07) is 6.19. The molecule has 7 heteroatoms. The topological polar surface area (TPSA) is 59.0 Å². The fraction of sp³-hybridized carbons (Fsp3) is 0.467. The number of halogens is 1. The van der Waals surface area contributed by atoms with E-state index < -0.39 is 0 Å². The van der Waals surface area contributed by atoms with Crippen LogP contribution in [0.1, 0.15) is 47.2 Å². The van der Waals surface area contributed by atoms with Gasteiger partial charge in [-0.05, 0) is 43.8 Å². The normalized spacial score (nSPS) is 19.2. The number of carbonyl (C=O) groups excluding carboxylic acids is 1. The van der Waals surface area contributed by atoms with Gasteiger partial charge < -0.3 is 10.6 Å². The van der Waals surface area contributed by atoms with Crippen molar-refractivity contribution < 1.29 is 4.79 Å². The molecule has 0 bridgehead atoms. The highest BCUT2D eigenvalue weighted by molar-refractivity contribution is 7.10. The molecule has 2 atom stereocenters. The van der Waals surface area contributed by atoms with Gasteiger partial charge in [-0.2, -0.15) is 5.10 Å². The summed E-state index contributed by atoms with van der Waals surface area (Å²) in [5.74, 6) is -0.113. The van der Waals surface area contributed by atoms with E-state index in [0.29, 0.717) is 11.7 Å². The molecule has 0 aliphatic carbocycles. The number of hydrogen-bond donors (Lipinski definition) is 2. The monoisotopic (exact) mass is 340 g/mol. The minimum absolute atomic E-state index is 0. The number of piperidine rings is 1. The zero-order chi connectivity index (χ0) is 14.7. The highest BCUT2D eigenvalue weighted by Gasteiger charge is 2.19. The third-order valence-electron chi connectivity index (χ3n) is 3.80. The van der Waals surface area contributed by atoms with Gasteiger partial charge in [0.2, 0.25) is 0 Å². The van der Waals surface area contributed by atoms with Crippen LogP contribution in [0, 0.1) is 0 Å². The Morgan fingerprint density at radius 1 is 1.55 bits per heavy atom. The molecule has 120 valence electrons. The van der Waals surface area contributed by atoms with Crippen LogP contribution in [-0.4, -0.2) is 28.8 Å². The molecule has 1 aliphatic rings. The number of carbonyl (C=O) groups is 1. The Hall–Kier alpha value is -1.37. The Morgan fingerprint density at radius 3 is 3.09 bits per heavy atom. The molecule has 3 rings (SSSR count). The lowest BCUT2D eigenvalue weighted by atomic mass is 10.1. The van der Waals surface area contributed by atoms with Gasteiger partial charge in [0.15, 0.2) is 0 Å². The second kappa shape index (κ2) is 7.76. The molecule has 3 heterocycles. The van der Waals surface area contributed by atoms with Crippen LogP contribution in [0.2, 0.25) is 0 Å². The summed E-state index contributed by atoms with van der Waals surface area (Å²) in [5.41, 5.74) is 0.490. The van der Waals surface area contributed by atoms with Crippen LogP contribution in [0.3, 0.4) is 0 Å². The molecule has 2 aromatic rings. The van der Waals surface area contributed by atoms with E-state index in [9.17, 15) is 4.79 Å². The third-order valence-corrected chi connectivity index (χ3v) is 4.86. The van der Waals surface area contributed by atoms with Gasteiger partial charge in [-0.15, -0.1) is 23.7 Å². The molecule has 1 saturated heterocycles. The number of thiophene rings is 1. The lowest BCUT2D eigenvalue weighted by Gasteiger charge is -2.22. The predicted molar refractivity (Wildman–Crippen MR) is 90.8 cm³/mol. The Balaban J connectivity index is 0.00000176. The number of hydrogen-bond acceptors (Lipinski definition) is 4. The van der Waals surface area contributed by atoms with Crippen LogP contribution >= 0.6 is 23.7 Å². The van der Waals surface area contributed by atoms with Gasteiger partial charge in [0.05, 0.1) is 12.1 Å². The van der Waals surface area contributed by atoms with E-state index in [-0.39, 0.29) is 24.4 Å². The average molecular weight is 341 g/mol. The molecule has 0 radical (unpaired) electrons. The third kappa shape index (κ3) is 3.88. The summed E-state index contributed by atoms with van der Waals surface area (Å²) in [7, 11) is 0. The van der Waals surface area contributed by atoms with Gasteiger partial charge in [0, 0.05) is 17.6 Å². The smallest absolute Gasteiger partial charge is 0.272 e. The zero-order valence-corrected chi connectivity index (χ0v) is 14.1. The summed E-state index contributed by atoms with van der Waals surface area (Å²) < 4.78 is 1.91. The quantitative estimate of drug-likeness (QED) is 0.899. The summed E-state index contributed by atoms with van der Waals surface area (Å²) >= 11 is 1.65. The molecule has 1 amide bonds. The number of rotatable bonds is 4. The number of amides is 1. The maximum atomic E-state index is 12.2. The van der Waals surface area contributed by atoms with Crippen LogP contribution < -0.4 is 10.6 Å². The Morgan fingerprint density at radius 2 is 2.41 bits per heavy atom.